The highest BCUT2D eigenvalue weighted by molar-refractivity contribution is 5.15. The van der Waals surface area contributed by atoms with Crippen LogP contribution in [0.4, 0.5) is 0 Å². The zero-order valence-corrected chi connectivity index (χ0v) is 11.7. The van der Waals surface area contributed by atoms with E-state index in [0.717, 1.165) is 32.5 Å². The summed E-state index contributed by atoms with van der Waals surface area (Å²) in [5.74, 6) is 0. The van der Waals surface area contributed by atoms with Crippen molar-refractivity contribution in [2.45, 2.75) is 38.3 Å². The molecule has 2 unspecified atom stereocenters. The molecular formula is C16H23N3. The van der Waals surface area contributed by atoms with Crippen LogP contribution in [-0.4, -0.2) is 36.6 Å². The summed E-state index contributed by atoms with van der Waals surface area (Å²) in [6, 6.07) is 13.8. The molecule has 1 aliphatic rings. The third-order valence-electron chi connectivity index (χ3n) is 3.93. The van der Waals surface area contributed by atoms with Gasteiger partial charge in [0.2, 0.25) is 0 Å². The average molecular weight is 257 g/mol. The first kappa shape index (κ1) is 14.0. The first-order chi connectivity index (χ1) is 9.29. The molecule has 0 spiro atoms. The highest BCUT2D eigenvalue weighted by Crippen LogP contribution is 2.12. The molecule has 1 aromatic carbocycles. The largest absolute Gasteiger partial charge is 0.313 e. The second kappa shape index (κ2) is 7.28. The molecule has 1 fully saturated rings. The van der Waals surface area contributed by atoms with Crippen LogP contribution in [0.5, 0.6) is 0 Å². The fourth-order valence-corrected chi connectivity index (χ4v) is 2.63. The van der Waals surface area contributed by atoms with Gasteiger partial charge in [0.05, 0.1) is 12.5 Å². The molecule has 1 aromatic rings. The summed E-state index contributed by atoms with van der Waals surface area (Å²) in [6.45, 7) is 5.30. The Morgan fingerprint density at radius 1 is 1.37 bits per heavy atom. The smallest absolute Gasteiger partial charge is 0.0638 e. The van der Waals surface area contributed by atoms with Crippen LogP contribution in [-0.2, 0) is 6.42 Å². The van der Waals surface area contributed by atoms with E-state index >= 15 is 0 Å². The number of nitriles is 1. The third kappa shape index (κ3) is 4.34. The van der Waals surface area contributed by atoms with Gasteiger partial charge in [0, 0.05) is 25.2 Å². The third-order valence-corrected chi connectivity index (χ3v) is 3.93. The van der Waals surface area contributed by atoms with Crippen LogP contribution >= 0.6 is 0 Å². The summed E-state index contributed by atoms with van der Waals surface area (Å²) >= 11 is 0. The second-order valence-electron chi connectivity index (χ2n) is 5.39. The van der Waals surface area contributed by atoms with Crippen LogP contribution in [0.15, 0.2) is 30.3 Å². The summed E-state index contributed by atoms with van der Waals surface area (Å²) in [5.41, 5.74) is 1.38. The number of nitrogens with one attached hydrogen (secondary N) is 1. The Labute approximate surface area is 116 Å². The van der Waals surface area contributed by atoms with Gasteiger partial charge in [0.25, 0.3) is 0 Å². The fourth-order valence-electron chi connectivity index (χ4n) is 2.63. The Morgan fingerprint density at radius 3 is 2.89 bits per heavy atom. The van der Waals surface area contributed by atoms with Gasteiger partial charge in [-0.05, 0) is 31.9 Å². The highest BCUT2D eigenvalue weighted by Gasteiger charge is 2.22. The Balaban J connectivity index is 1.93. The molecule has 1 saturated heterocycles. The molecule has 0 amide bonds. The van der Waals surface area contributed by atoms with Gasteiger partial charge in [-0.25, -0.2) is 0 Å². The number of nitrogens with zero attached hydrogens (tertiary/aromatic N) is 2. The minimum absolute atomic E-state index is 0.360. The van der Waals surface area contributed by atoms with E-state index in [-0.39, 0.29) is 0 Å². The van der Waals surface area contributed by atoms with E-state index in [0.29, 0.717) is 18.5 Å². The van der Waals surface area contributed by atoms with Crippen LogP contribution in [0.25, 0.3) is 0 Å². The zero-order chi connectivity index (χ0) is 13.5. The maximum Gasteiger partial charge on any atom is 0.0638 e. The Morgan fingerprint density at radius 2 is 2.16 bits per heavy atom. The van der Waals surface area contributed by atoms with Crippen LogP contribution in [0.2, 0.25) is 0 Å². The summed E-state index contributed by atoms with van der Waals surface area (Å²) in [4.78, 5) is 2.48. The van der Waals surface area contributed by atoms with Gasteiger partial charge in [-0.15, -0.1) is 0 Å². The monoisotopic (exact) mass is 257 g/mol. The van der Waals surface area contributed by atoms with E-state index in [1.165, 1.54) is 5.56 Å². The quantitative estimate of drug-likeness (QED) is 0.898. The van der Waals surface area contributed by atoms with Gasteiger partial charge in [-0.1, -0.05) is 30.3 Å². The molecule has 1 aliphatic heterocycles. The molecule has 0 aliphatic carbocycles. The van der Waals surface area contributed by atoms with Gasteiger partial charge in [0.1, 0.15) is 0 Å². The van der Waals surface area contributed by atoms with E-state index < -0.39 is 0 Å². The van der Waals surface area contributed by atoms with Crippen molar-refractivity contribution in [3.63, 3.8) is 0 Å². The SMILES string of the molecule is CC1CCN(CCc2ccccc2)C(CC#N)CN1. The topological polar surface area (TPSA) is 39.1 Å². The summed E-state index contributed by atoms with van der Waals surface area (Å²) in [5, 5.41) is 12.5. The van der Waals surface area contributed by atoms with Crippen LogP contribution in [0.1, 0.15) is 25.3 Å². The summed E-state index contributed by atoms with van der Waals surface area (Å²) in [7, 11) is 0. The second-order valence-corrected chi connectivity index (χ2v) is 5.39. The first-order valence-electron chi connectivity index (χ1n) is 7.18. The van der Waals surface area contributed by atoms with Gasteiger partial charge in [-0.2, -0.15) is 5.26 Å². The van der Waals surface area contributed by atoms with E-state index in [1.54, 1.807) is 0 Å². The lowest BCUT2D eigenvalue weighted by molar-refractivity contribution is 0.213. The molecule has 0 saturated carbocycles. The normalized spacial score (nSPS) is 24.6. The summed E-state index contributed by atoms with van der Waals surface area (Å²) < 4.78 is 0. The lowest BCUT2D eigenvalue weighted by Crippen LogP contribution is -2.41. The van der Waals surface area contributed by atoms with Crippen molar-refractivity contribution in [2.24, 2.45) is 0 Å². The molecule has 1 N–H and O–H groups in total. The maximum atomic E-state index is 8.97. The van der Waals surface area contributed by atoms with Crippen molar-refractivity contribution in [1.29, 1.82) is 5.26 Å². The molecule has 19 heavy (non-hydrogen) atoms. The Kier molecular flexibility index (Phi) is 5.38. The Bertz CT molecular complexity index is 410. The fraction of sp³-hybridized carbons (Fsp3) is 0.562. The van der Waals surface area contributed by atoms with E-state index in [1.807, 2.05) is 0 Å². The van der Waals surface area contributed by atoms with Crippen LogP contribution in [0.3, 0.4) is 0 Å². The van der Waals surface area contributed by atoms with Gasteiger partial charge >= 0.3 is 0 Å². The zero-order valence-electron chi connectivity index (χ0n) is 11.7. The number of hydrogen-bond donors (Lipinski definition) is 1. The summed E-state index contributed by atoms with van der Waals surface area (Å²) in [6.07, 6.45) is 2.85. The average Bonchev–Trinajstić information content (AvgIpc) is 2.61. The molecule has 0 radical (unpaired) electrons. The molecule has 2 rings (SSSR count). The standard InChI is InChI=1S/C16H23N3/c1-14-8-11-19(16(7-10-17)13-18-14)12-9-15-5-3-2-4-6-15/h2-6,14,16,18H,7-9,11-13H2,1H3. The maximum absolute atomic E-state index is 8.97. The first-order valence-corrected chi connectivity index (χ1v) is 7.18. The molecule has 102 valence electrons. The number of benzene rings is 1. The van der Waals surface area contributed by atoms with E-state index in [9.17, 15) is 0 Å². The minimum Gasteiger partial charge on any atom is -0.313 e. The van der Waals surface area contributed by atoms with Gasteiger partial charge in [-0.3, -0.25) is 4.90 Å². The molecule has 0 aromatic heterocycles. The molecule has 3 nitrogen and oxygen atoms in total. The molecule has 0 bridgehead atoms. The van der Waals surface area contributed by atoms with Crippen molar-refractivity contribution < 1.29 is 0 Å². The molecule has 3 heteroatoms. The van der Waals surface area contributed by atoms with E-state index in [4.69, 9.17) is 5.26 Å². The highest BCUT2D eigenvalue weighted by atomic mass is 15.2. The number of rotatable bonds is 4. The lowest BCUT2D eigenvalue weighted by atomic mass is 10.1. The lowest BCUT2D eigenvalue weighted by Gasteiger charge is -2.27. The minimum atomic E-state index is 0.360. The van der Waals surface area contributed by atoms with Crippen molar-refractivity contribution in [1.82, 2.24) is 10.2 Å². The molecule has 1 heterocycles. The Hall–Kier alpha value is -1.37. The van der Waals surface area contributed by atoms with Crippen LogP contribution in [0, 0.1) is 11.3 Å². The van der Waals surface area contributed by atoms with Crippen molar-refractivity contribution in [2.75, 3.05) is 19.6 Å². The van der Waals surface area contributed by atoms with E-state index in [2.05, 4.69) is 53.5 Å². The van der Waals surface area contributed by atoms with Gasteiger partial charge < -0.3 is 5.32 Å². The van der Waals surface area contributed by atoms with Gasteiger partial charge in [0.15, 0.2) is 0 Å². The predicted octanol–water partition coefficient (Wildman–Crippen LogP) is 2.20. The number of hydrogen-bond acceptors (Lipinski definition) is 3. The van der Waals surface area contributed by atoms with Crippen molar-refractivity contribution in [3.05, 3.63) is 35.9 Å². The molecule has 2 atom stereocenters. The van der Waals surface area contributed by atoms with Crippen molar-refractivity contribution >= 4 is 0 Å². The predicted molar refractivity (Wildman–Crippen MR) is 77.8 cm³/mol. The molecular weight excluding hydrogens is 234 g/mol. The van der Waals surface area contributed by atoms with Crippen molar-refractivity contribution in [3.8, 4) is 6.07 Å². The van der Waals surface area contributed by atoms with Crippen LogP contribution < -0.4 is 5.32 Å².